The van der Waals surface area contributed by atoms with E-state index in [1.165, 1.54) is 11.8 Å². The number of carbonyl (C=O) groups excluding carboxylic acids is 1. The van der Waals surface area contributed by atoms with E-state index in [1.54, 1.807) is 0 Å². The van der Waals surface area contributed by atoms with Crippen LogP contribution in [0.3, 0.4) is 0 Å². The van der Waals surface area contributed by atoms with Gasteiger partial charge in [0, 0.05) is 12.2 Å². The summed E-state index contributed by atoms with van der Waals surface area (Å²) in [5.41, 5.74) is 3.08. The topological polar surface area (TPSA) is 78.3 Å². The molecule has 0 radical (unpaired) electrons. The van der Waals surface area contributed by atoms with Crippen molar-refractivity contribution in [2.75, 3.05) is 17.7 Å². The van der Waals surface area contributed by atoms with Gasteiger partial charge >= 0.3 is 0 Å². The lowest BCUT2D eigenvalue weighted by Crippen LogP contribution is -2.16. The van der Waals surface area contributed by atoms with Gasteiger partial charge in [0.05, 0.1) is 12.4 Å². The molecule has 0 saturated carbocycles. The molecule has 0 spiro atoms. The monoisotopic (exact) mass is 454 g/mol. The van der Waals surface area contributed by atoms with Gasteiger partial charge in [-0.3, -0.25) is 4.79 Å². The number of benzene rings is 2. The maximum absolute atomic E-state index is 12.5. The molecule has 1 aromatic heterocycles. The molecule has 32 heavy (non-hydrogen) atoms. The third kappa shape index (κ3) is 6.03. The minimum absolute atomic E-state index is 0.0691. The van der Waals surface area contributed by atoms with Crippen LogP contribution in [0.4, 0.5) is 5.69 Å². The smallest absolute Gasteiger partial charge is 0.234 e. The highest BCUT2D eigenvalue weighted by Crippen LogP contribution is 2.29. The average Bonchev–Trinajstić information content (AvgIpc) is 3.19. The number of thioether (sulfide) groups is 1. The van der Waals surface area contributed by atoms with Crippen LogP contribution in [0, 0.1) is 6.92 Å². The van der Waals surface area contributed by atoms with Gasteiger partial charge < -0.3 is 19.4 Å². The zero-order valence-electron chi connectivity index (χ0n) is 19.1. The fourth-order valence-electron chi connectivity index (χ4n) is 3.26. The molecule has 7 nitrogen and oxygen atoms in total. The molecule has 0 aliphatic heterocycles. The highest BCUT2D eigenvalue weighted by atomic mass is 32.2. The van der Waals surface area contributed by atoms with Crippen LogP contribution in [0.5, 0.6) is 11.5 Å². The highest BCUT2D eigenvalue weighted by Gasteiger charge is 2.15. The third-order valence-corrected chi connectivity index (χ3v) is 5.84. The quantitative estimate of drug-likeness (QED) is 0.416. The summed E-state index contributed by atoms with van der Waals surface area (Å²) in [5.74, 6) is 2.28. The van der Waals surface area contributed by atoms with Crippen molar-refractivity contribution in [3.05, 3.63) is 59.4 Å². The number of hydrogen-bond acceptors (Lipinski definition) is 6. The van der Waals surface area contributed by atoms with E-state index in [-0.39, 0.29) is 18.3 Å². The van der Waals surface area contributed by atoms with E-state index in [0.29, 0.717) is 35.6 Å². The first-order valence-electron chi connectivity index (χ1n) is 10.8. The Labute approximate surface area is 193 Å². The molecule has 0 aliphatic carbocycles. The molecule has 1 heterocycles. The van der Waals surface area contributed by atoms with Crippen molar-refractivity contribution >= 4 is 23.4 Å². The molecular formula is C24H30N4O3S. The van der Waals surface area contributed by atoms with E-state index < -0.39 is 0 Å². The zero-order valence-corrected chi connectivity index (χ0v) is 19.9. The Bertz CT molecular complexity index is 1050. The molecule has 3 rings (SSSR count). The van der Waals surface area contributed by atoms with Crippen LogP contribution in [0.15, 0.2) is 47.6 Å². The van der Waals surface area contributed by atoms with Gasteiger partial charge in [0.25, 0.3) is 0 Å². The number of nitrogens with one attached hydrogen (secondary N) is 1. The summed E-state index contributed by atoms with van der Waals surface area (Å²) < 4.78 is 13.6. The standard InChI is InChI=1S/C24H30N4O3S/c1-5-18-10-8-9-11-19(18)25-23(29)16-32-24-27-26-22(28(24)6-2)15-31-20-13-12-17(4)14-21(20)30-7-3/h8-14H,5-7,15-16H2,1-4H3,(H,25,29). The van der Waals surface area contributed by atoms with Crippen molar-refractivity contribution in [3.8, 4) is 11.5 Å². The maximum Gasteiger partial charge on any atom is 0.234 e. The second kappa shape index (κ2) is 11.6. The second-order valence-corrected chi connectivity index (χ2v) is 8.10. The number of amides is 1. The first-order valence-corrected chi connectivity index (χ1v) is 11.8. The van der Waals surface area contributed by atoms with Crippen LogP contribution in [-0.2, 0) is 24.4 Å². The SMILES string of the molecule is CCOc1cc(C)ccc1OCc1nnc(SCC(=O)Nc2ccccc2CC)n1CC. The zero-order chi connectivity index (χ0) is 22.9. The molecule has 0 bridgehead atoms. The van der Waals surface area contributed by atoms with Crippen LogP contribution in [0.25, 0.3) is 0 Å². The highest BCUT2D eigenvalue weighted by molar-refractivity contribution is 7.99. The Kier molecular flexibility index (Phi) is 8.56. The van der Waals surface area contributed by atoms with Crippen molar-refractivity contribution in [1.29, 1.82) is 0 Å². The fourth-order valence-corrected chi connectivity index (χ4v) is 4.08. The molecule has 1 N–H and O–H groups in total. The van der Waals surface area contributed by atoms with E-state index in [4.69, 9.17) is 9.47 Å². The molecule has 170 valence electrons. The Morgan fingerprint density at radius 2 is 1.88 bits per heavy atom. The number of rotatable bonds is 11. The van der Waals surface area contributed by atoms with E-state index in [2.05, 4.69) is 22.4 Å². The molecule has 0 aliphatic rings. The molecule has 0 atom stereocenters. The predicted octanol–water partition coefficient (Wildman–Crippen LogP) is 4.88. The Morgan fingerprint density at radius 3 is 2.62 bits per heavy atom. The van der Waals surface area contributed by atoms with Gasteiger partial charge in [-0.05, 0) is 56.5 Å². The molecule has 3 aromatic rings. The van der Waals surface area contributed by atoms with Crippen molar-refractivity contribution in [1.82, 2.24) is 14.8 Å². The summed E-state index contributed by atoms with van der Waals surface area (Å²) in [6, 6.07) is 13.7. The van der Waals surface area contributed by atoms with Crippen LogP contribution in [0.1, 0.15) is 37.7 Å². The summed E-state index contributed by atoms with van der Waals surface area (Å²) in [6.45, 7) is 9.56. The number of aromatic nitrogens is 3. The number of nitrogens with zero attached hydrogens (tertiary/aromatic N) is 3. The lowest BCUT2D eigenvalue weighted by Gasteiger charge is -2.13. The predicted molar refractivity (Wildman–Crippen MR) is 128 cm³/mol. The van der Waals surface area contributed by atoms with E-state index in [9.17, 15) is 4.79 Å². The van der Waals surface area contributed by atoms with Crippen LogP contribution in [0.2, 0.25) is 0 Å². The van der Waals surface area contributed by atoms with Crippen molar-refractivity contribution in [3.63, 3.8) is 0 Å². The van der Waals surface area contributed by atoms with Gasteiger partial charge in [-0.25, -0.2) is 0 Å². The summed E-state index contributed by atoms with van der Waals surface area (Å²) in [6.07, 6.45) is 0.864. The van der Waals surface area contributed by atoms with Crippen molar-refractivity contribution in [2.24, 2.45) is 0 Å². The maximum atomic E-state index is 12.5. The Morgan fingerprint density at radius 1 is 1.06 bits per heavy atom. The van der Waals surface area contributed by atoms with Crippen molar-refractivity contribution in [2.45, 2.75) is 52.4 Å². The number of anilines is 1. The fraction of sp³-hybridized carbons (Fsp3) is 0.375. The number of aryl methyl sites for hydroxylation is 2. The molecular weight excluding hydrogens is 424 g/mol. The molecule has 0 unspecified atom stereocenters. The number of hydrogen-bond donors (Lipinski definition) is 1. The molecule has 8 heteroatoms. The van der Waals surface area contributed by atoms with Gasteiger partial charge in [0.15, 0.2) is 22.5 Å². The molecule has 0 fully saturated rings. The van der Waals surface area contributed by atoms with Gasteiger partial charge in [0.1, 0.15) is 6.61 Å². The number of para-hydroxylation sites is 1. The Hall–Kier alpha value is -3.00. The van der Waals surface area contributed by atoms with E-state index >= 15 is 0 Å². The van der Waals surface area contributed by atoms with E-state index in [0.717, 1.165) is 23.2 Å². The van der Waals surface area contributed by atoms with Crippen LogP contribution in [-0.4, -0.2) is 33.0 Å². The number of carbonyl (C=O) groups is 1. The average molecular weight is 455 g/mol. The normalized spacial score (nSPS) is 10.8. The Balaban J connectivity index is 1.62. The third-order valence-electron chi connectivity index (χ3n) is 4.87. The first kappa shape index (κ1) is 23.7. The lowest BCUT2D eigenvalue weighted by molar-refractivity contribution is -0.113. The van der Waals surface area contributed by atoms with Gasteiger partial charge in [-0.1, -0.05) is 43.0 Å². The lowest BCUT2D eigenvalue weighted by atomic mass is 10.1. The second-order valence-electron chi connectivity index (χ2n) is 7.16. The number of ether oxygens (including phenoxy) is 2. The minimum Gasteiger partial charge on any atom is -0.490 e. The largest absolute Gasteiger partial charge is 0.490 e. The molecule has 1 amide bonds. The van der Waals surface area contributed by atoms with Crippen LogP contribution < -0.4 is 14.8 Å². The molecule has 0 saturated heterocycles. The first-order chi connectivity index (χ1) is 15.5. The summed E-state index contributed by atoms with van der Waals surface area (Å²) >= 11 is 1.37. The summed E-state index contributed by atoms with van der Waals surface area (Å²) in [4.78, 5) is 12.5. The van der Waals surface area contributed by atoms with E-state index in [1.807, 2.05) is 67.8 Å². The van der Waals surface area contributed by atoms with Gasteiger partial charge in [0.2, 0.25) is 5.91 Å². The van der Waals surface area contributed by atoms with Crippen molar-refractivity contribution < 1.29 is 14.3 Å². The summed E-state index contributed by atoms with van der Waals surface area (Å²) in [5, 5.41) is 12.2. The van der Waals surface area contributed by atoms with Gasteiger partial charge in [-0.15, -0.1) is 10.2 Å². The van der Waals surface area contributed by atoms with Gasteiger partial charge in [-0.2, -0.15) is 0 Å². The minimum atomic E-state index is -0.0691. The summed E-state index contributed by atoms with van der Waals surface area (Å²) in [7, 11) is 0. The van der Waals surface area contributed by atoms with Crippen LogP contribution >= 0.6 is 11.8 Å². The molecule has 2 aromatic carbocycles.